The molecule has 0 fully saturated rings. The monoisotopic (exact) mass is 580 g/mol. The van der Waals surface area contributed by atoms with Gasteiger partial charge in [-0.25, -0.2) is 0 Å². The molecule has 1 aliphatic rings. The van der Waals surface area contributed by atoms with Crippen LogP contribution in [0.2, 0.25) is 36.3 Å². The maximum absolute atomic E-state index is 13.6. The van der Waals surface area contributed by atoms with Crippen molar-refractivity contribution >= 4 is 28.4 Å². The number of cyclic esters (lactones) is 1. The van der Waals surface area contributed by atoms with Gasteiger partial charge in [0, 0.05) is 5.92 Å². The van der Waals surface area contributed by atoms with Crippen LogP contribution in [-0.4, -0.2) is 46.7 Å². The minimum atomic E-state index is -2.27. The van der Waals surface area contributed by atoms with E-state index >= 15 is 0 Å². The van der Waals surface area contributed by atoms with E-state index in [4.69, 9.17) is 13.6 Å². The Morgan fingerprint density at radius 2 is 1.26 bits per heavy atom. The second-order valence-corrected chi connectivity index (χ2v) is 24.5. The first kappa shape index (κ1) is 36.0. The number of ketones is 1. The number of carbonyl (C=O) groups is 2. The standard InChI is InChI=1S/C32H60O5Si2/c1-17-27-22(3)20-23(4)28(36-38(13,14)31(7,8)9)21(2)18-19-26(33)24(5)29(25(6)30(34)35-27)37-39(15,16)32(10,11)12/h18-21,23-25,27-29H,17H2,1-16H3/b19-18+,22-20+/t21-,23-,24-,25-,27-,28+,29+/m1/s1. The average Bonchev–Trinajstić information content (AvgIpc) is 2.79. The van der Waals surface area contributed by atoms with Crippen molar-refractivity contribution in [2.24, 2.45) is 23.7 Å². The van der Waals surface area contributed by atoms with Crippen molar-refractivity contribution in [2.45, 2.75) is 144 Å². The Balaban J connectivity index is 3.65. The molecule has 0 bridgehead atoms. The van der Waals surface area contributed by atoms with E-state index in [2.05, 4.69) is 87.7 Å². The van der Waals surface area contributed by atoms with E-state index in [1.807, 2.05) is 33.8 Å². The van der Waals surface area contributed by atoms with Gasteiger partial charge in [-0.3, -0.25) is 9.59 Å². The second-order valence-electron chi connectivity index (χ2n) is 15.0. The molecule has 7 atom stereocenters. The Kier molecular flexibility index (Phi) is 12.3. The molecule has 226 valence electrons. The van der Waals surface area contributed by atoms with Crippen molar-refractivity contribution in [3.63, 3.8) is 0 Å². The Morgan fingerprint density at radius 3 is 1.69 bits per heavy atom. The van der Waals surface area contributed by atoms with E-state index in [0.29, 0.717) is 6.42 Å². The third-order valence-electron chi connectivity index (χ3n) is 9.54. The molecule has 5 nitrogen and oxygen atoms in total. The minimum Gasteiger partial charge on any atom is -0.458 e. The van der Waals surface area contributed by atoms with Crippen molar-refractivity contribution < 1.29 is 23.2 Å². The van der Waals surface area contributed by atoms with Crippen molar-refractivity contribution in [2.75, 3.05) is 0 Å². The van der Waals surface area contributed by atoms with Crippen molar-refractivity contribution in [3.8, 4) is 0 Å². The highest BCUT2D eigenvalue weighted by atomic mass is 28.4. The Morgan fingerprint density at radius 1 is 0.795 bits per heavy atom. The summed E-state index contributed by atoms with van der Waals surface area (Å²) >= 11 is 0. The maximum Gasteiger partial charge on any atom is 0.311 e. The summed E-state index contributed by atoms with van der Waals surface area (Å²) in [6, 6.07) is 0. The van der Waals surface area contributed by atoms with Gasteiger partial charge in [-0.1, -0.05) is 81.4 Å². The van der Waals surface area contributed by atoms with E-state index in [1.165, 1.54) is 0 Å². The molecule has 0 aliphatic carbocycles. The lowest BCUT2D eigenvalue weighted by atomic mass is 9.87. The van der Waals surface area contributed by atoms with Gasteiger partial charge in [-0.2, -0.15) is 0 Å². The normalized spacial score (nSPS) is 33.1. The van der Waals surface area contributed by atoms with Crippen molar-refractivity contribution in [3.05, 3.63) is 23.8 Å². The van der Waals surface area contributed by atoms with Gasteiger partial charge in [0.25, 0.3) is 0 Å². The van der Waals surface area contributed by atoms with Crippen LogP contribution in [0.5, 0.6) is 0 Å². The number of rotatable bonds is 5. The van der Waals surface area contributed by atoms with Gasteiger partial charge in [0.15, 0.2) is 22.4 Å². The molecule has 0 unspecified atom stereocenters. The SMILES string of the molecule is CC[C@H]1OC(=O)[C@H](C)[C@@H](O[Si](C)(C)C(C)(C)C)[C@H](C)C(=O)/C=C/[C@@H](C)[C@H](O[Si](C)(C)C(C)(C)C)[C@H](C)/C=C/1C. The molecule has 1 aliphatic heterocycles. The summed E-state index contributed by atoms with van der Waals surface area (Å²) in [7, 11) is -4.36. The summed E-state index contributed by atoms with van der Waals surface area (Å²) in [5, 5.41) is 0.00279. The van der Waals surface area contributed by atoms with Crippen LogP contribution in [-0.2, 0) is 23.2 Å². The zero-order valence-corrected chi connectivity index (χ0v) is 30.0. The van der Waals surface area contributed by atoms with E-state index in [1.54, 1.807) is 6.08 Å². The molecule has 0 aromatic carbocycles. The van der Waals surface area contributed by atoms with E-state index in [-0.39, 0.29) is 45.9 Å². The molecule has 1 rings (SSSR count). The van der Waals surface area contributed by atoms with E-state index < -0.39 is 34.6 Å². The third kappa shape index (κ3) is 9.24. The van der Waals surface area contributed by atoms with Crippen LogP contribution in [0.1, 0.15) is 89.5 Å². The average molecular weight is 581 g/mol. The first-order valence-electron chi connectivity index (χ1n) is 14.9. The lowest BCUT2D eigenvalue weighted by Crippen LogP contribution is -2.50. The number of esters is 1. The van der Waals surface area contributed by atoms with Crippen LogP contribution in [0, 0.1) is 23.7 Å². The zero-order valence-electron chi connectivity index (χ0n) is 28.0. The van der Waals surface area contributed by atoms with Gasteiger partial charge in [0.1, 0.15) is 6.10 Å². The third-order valence-corrected chi connectivity index (χ3v) is 18.5. The molecule has 1 heterocycles. The van der Waals surface area contributed by atoms with E-state index in [0.717, 1.165) is 5.57 Å². The second kappa shape index (κ2) is 13.3. The van der Waals surface area contributed by atoms with Gasteiger partial charge in [-0.05, 0) is 80.0 Å². The van der Waals surface area contributed by atoms with Crippen LogP contribution in [0.25, 0.3) is 0 Å². The maximum atomic E-state index is 13.6. The fourth-order valence-corrected chi connectivity index (χ4v) is 7.44. The smallest absolute Gasteiger partial charge is 0.311 e. The molecular weight excluding hydrogens is 521 g/mol. The van der Waals surface area contributed by atoms with Crippen LogP contribution < -0.4 is 0 Å². The Labute approximate surface area is 242 Å². The summed E-state index contributed by atoms with van der Waals surface area (Å²) in [4.78, 5) is 27.1. The lowest BCUT2D eigenvalue weighted by molar-refractivity contribution is -0.156. The van der Waals surface area contributed by atoms with Crippen LogP contribution in [0.15, 0.2) is 23.8 Å². The molecular formula is C32H60O5Si2. The highest BCUT2D eigenvalue weighted by molar-refractivity contribution is 6.74. The highest BCUT2D eigenvalue weighted by Gasteiger charge is 2.45. The summed E-state index contributed by atoms with van der Waals surface area (Å²) < 4.78 is 19.9. The number of carbonyl (C=O) groups excluding carboxylic acids is 2. The minimum absolute atomic E-state index is 0.0251. The summed E-state index contributed by atoms with van der Waals surface area (Å²) in [6.45, 7) is 34.3. The van der Waals surface area contributed by atoms with Crippen LogP contribution >= 0.6 is 0 Å². The fourth-order valence-electron chi connectivity index (χ4n) is 4.53. The predicted molar refractivity (Wildman–Crippen MR) is 169 cm³/mol. The lowest BCUT2D eigenvalue weighted by Gasteiger charge is -2.42. The molecule has 0 radical (unpaired) electrons. The first-order valence-corrected chi connectivity index (χ1v) is 20.7. The number of hydrogen-bond acceptors (Lipinski definition) is 5. The molecule has 0 spiro atoms. The number of hydrogen-bond donors (Lipinski definition) is 0. The van der Waals surface area contributed by atoms with Crippen LogP contribution in [0.4, 0.5) is 0 Å². The number of allylic oxidation sites excluding steroid dienone is 1. The van der Waals surface area contributed by atoms with Crippen molar-refractivity contribution in [1.82, 2.24) is 0 Å². The summed E-state index contributed by atoms with van der Waals surface area (Å²) in [5.41, 5.74) is 1.04. The Hall–Kier alpha value is -1.03. The van der Waals surface area contributed by atoms with Gasteiger partial charge in [0.05, 0.1) is 18.1 Å². The Bertz CT molecular complexity index is 907. The fraction of sp³-hybridized carbons (Fsp3) is 0.812. The summed E-state index contributed by atoms with van der Waals surface area (Å²) in [5.74, 6) is -1.29. The molecule has 0 N–H and O–H groups in total. The molecule has 0 amide bonds. The molecule has 0 saturated heterocycles. The zero-order chi connectivity index (χ0) is 30.7. The van der Waals surface area contributed by atoms with E-state index in [9.17, 15) is 9.59 Å². The van der Waals surface area contributed by atoms with Gasteiger partial charge >= 0.3 is 5.97 Å². The van der Waals surface area contributed by atoms with Gasteiger partial charge in [0.2, 0.25) is 0 Å². The molecule has 0 aromatic rings. The highest BCUT2D eigenvalue weighted by Crippen LogP contribution is 2.41. The molecule has 39 heavy (non-hydrogen) atoms. The van der Waals surface area contributed by atoms with Gasteiger partial charge in [-0.15, -0.1) is 0 Å². The van der Waals surface area contributed by atoms with Crippen LogP contribution in [0.3, 0.4) is 0 Å². The van der Waals surface area contributed by atoms with Crippen molar-refractivity contribution in [1.29, 1.82) is 0 Å². The topological polar surface area (TPSA) is 61.8 Å². The molecule has 0 saturated carbocycles. The number of ether oxygens (including phenoxy) is 1. The van der Waals surface area contributed by atoms with Gasteiger partial charge < -0.3 is 13.6 Å². The molecule has 7 heteroatoms. The quantitative estimate of drug-likeness (QED) is 0.185. The largest absolute Gasteiger partial charge is 0.458 e. The first-order chi connectivity index (χ1) is 17.5. The predicted octanol–water partition coefficient (Wildman–Crippen LogP) is 8.72. The summed E-state index contributed by atoms with van der Waals surface area (Å²) in [6.07, 6.45) is 5.59. The molecule has 0 aromatic heterocycles.